The normalized spacial score (nSPS) is 10.0. The summed E-state index contributed by atoms with van der Waals surface area (Å²) in [7, 11) is 1.42. The molecule has 142 valence electrons. The Morgan fingerprint density at radius 1 is 1.15 bits per heavy atom. The van der Waals surface area contributed by atoms with E-state index in [-0.39, 0.29) is 16.3 Å². The fourth-order valence-corrected chi connectivity index (χ4v) is 2.23. The Balaban J connectivity index is 1.79. The summed E-state index contributed by atoms with van der Waals surface area (Å²) in [5.41, 5.74) is 0.120. The zero-order valence-electron chi connectivity index (χ0n) is 14.3. The van der Waals surface area contributed by atoms with E-state index in [2.05, 4.69) is 10.6 Å². The molecule has 7 nitrogen and oxygen atoms in total. The highest BCUT2D eigenvalue weighted by Gasteiger charge is 2.14. The molecule has 0 saturated heterocycles. The summed E-state index contributed by atoms with van der Waals surface area (Å²) in [6, 6.07) is 10.1. The third-order valence-corrected chi connectivity index (χ3v) is 3.55. The molecule has 0 aliphatic carbocycles. The second-order valence-electron chi connectivity index (χ2n) is 5.22. The van der Waals surface area contributed by atoms with Gasteiger partial charge in [0, 0.05) is 5.02 Å². The number of methoxy groups -OCH3 is 1. The lowest BCUT2D eigenvalue weighted by Crippen LogP contribution is -2.32. The predicted octanol–water partition coefficient (Wildman–Crippen LogP) is 2.40. The van der Waals surface area contributed by atoms with E-state index >= 15 is 0 Å². The Bertz CT molecular complexity index is 859. The van der Waals surface area contributed by atoms with Crippen LogP contribution in [0.1, 0.15) is 10.4 Å². The van der Waals surface area contributed by atoms with E-state index in [0.717, 1.165) is 6.07 Å². The minimum absolute atomic E-state index is 0.131. The molecule has 0 heterocycles. The molecule has 0 saturated carbocycles. The second kappa shape index (κ2) is 9.54. The average molecular weight is 395 g/mol. The second-order valence-corrected chi connectivity index (χ2v) is 5.65. The van der Waals surface area contributed by atoms with Crippen molar-refractivity contribution in [3.63, 3.8) is 0 Å². The van der Waals surface area contributed by atoms with Crippen LogP contribution in [-0.2, 0) is 14.3 Å². The van der Waals surface area contributed by atoms with Gasteiger partial charge in [-0.3, -0.25) is 14.4 Å². The summed E-state index contributed by atoms with van der Waals surface area (Å²) in [5, 5.41) is 4.83. The summed E-state index contributed by atoms with van der Waals surface area (Å²) in [6.45, 7) is -1.09. The molecule has 0 aliphatic rings. The van der Waals surface area contributed by atoms with Crippen molar-refractivity contribution in [2.75, 3.05) is 25.6 Å². The van der Waals surface area contributed by atoms with Crippen molar-refractivity contribution >= 4 is 35.1 Å². The molecule has 0 aromatic heterocycles. The molecule has 0 spiro atoms. The summed E-state index contributed by atoms with van der Waals surface area (Å²) in [6.07, 6.45) is 0. The van der Waals surface area contributed by atoms with Crippen LogP contribution in [0.25, 0.3) is 0 Å². The van der Waals surface area contributed by atoms with Gasteiger partial charge in [-0.2, -0.15) is 0 Å². The van der Waals surface area contributed by atoms with Crippen molar-refractivity contribution < 1.29 is 28.2 Å². The first-order chi connectivity index (χ1) is 12.9. The van der Waals surface area contributed by atoms with E-state index in [0.29, 0.717) is 5.75 Å². The maximum atomic E-state index is 13.5. The molecule has 0 unspecified atom stereocenters. The van der Waals surface area contributed by atoms with Crippen LogP contribution < -0.4 is 15.4 Å². The largest absolute Gasteiger partial charge is 0.496 e. The van der Waals surface area contributed by atoms with Gasteiger partial charge in [-0.1, -0.05) is 23.7 Å². The van der Waals surface area contributed by atoms with Crippen LogP contribution in [0.15, 0.2) is 42.5 Å². The molecular weight excluding hydrogens is 379 g/mol. The first-order valence-corrected chi connectivity index (χ1v) is 8.10. The van der Waals surface area contributed by atoms with Crippen molar-refractivity contribution in [2.24, 2.45) is 0 Å². The minimum Gasteiger partial charge on any atom is -0.496 e. The molecule has 0 bridgehead atoms. The molecule has 2 aromatic carbocycles. The highest BCUT2D eigenvalue weighted by atomic mass is 35.5. The fraction of sp³-hybridized carbons (Fsp3) is 0.167. The Hall–Kier alpha value is -3.13. The van der Waals surface area contributed by atoms with Crippen LogP contribution >= 0.6 is 11.6 Å². The lowest BCUT2D eigenvalue weighted by Gasteiger charge is -2.10. The minimum atomic E-state index is -0.833. The maximum absolute atomic E-state index is 13.5. The summed E-state index contributed by atoms with van der Waals surface area (Å²) in [5.74, 6) is -2.44. The molecule has 27 heavy (non-hydrogen) atoms. The summed E-state index contributed by atoms with van der Waals surface area (Å²) in [4.78, 5) is 35.4. The number of nitrogens with one attached hydrogen (secondary N) is 2. The van der Waals surface area contributed by atoms with Crippen molar-refractivity contribution in [1.82, 2.24) is 5.32 Å². The Morgan fingerprint density at radius 3 is 2.63 bits per heavy atom. The van der Waals surface area contributed by atoms with Gasteiger partial charge < -0.3 is 20.1 Å². The molecule has 2 rings (SSSR count). The standard InChI is InChI=1S/C18H16ClFN2O5/c1-26-15-5-3-2-4-12(15)18(25)21-9-17(24)27-10-16(23)22-14-8-11(19)6-7-13(14)20/h2-8H,9-10H2,1H3,(H,21,25)(H,22,23). The van der Waals surface area contributed by atoms with Gasteiger partial charge in [0.15, 0.2) is 6.61 Å². The van der Waals surface area contributed by atoms with E-state index in [1.54, 1.807) is 18.2 Å². The third kappa shape index (κ3) is 5.96. The van der Waals surface area contributed by atoms with Gasteiger partial charge in [-0.25, -0.2) is 4.39 Å². The molecule has 9 heteroatoms. The van der Waals surface area contributed by atoms with Gasteiger partial charge >= 0.3 is 5.97 Å². The molecule has 0 fully saturated rings. The fourth-order valence-electron chi connectivity index (χ4n) is 2.06. The van der Waals surface area contributed by atoms with Crippen molar-refractivity contribution in [3.05, 3.63) is 58.9 Å². The van der Waals surface area contributed by atoms with Crippen LogP contribution in [0.5, 0.6) is 5.75 Å². The van der Waals surface area contributed by atoms with Crippen LogP contribution in [-0.4, -0.2) is 38.0 Å². The number of hydrogen-bond acceptors (Lipinski definition) is 5. The first-order valence-electron chi connectivity index (χ1n) is 7.72. The molecule has 2 amide bonds. The number of esters is 1. The molecule has 0 aliphatic heterocycles. The summed E-state index contributed by atoms with van der Waals surface area (Å²) < 4.78 is 23.3. The van der Waals surface area contributed by atoms with E-state index in [1.165, 1.54) is 25.3 Å². The van der Waals surface area contributed by atoms with E-state index in [4.69, 9.17) is 21.1 Å². The molecule has 0 atom stereocenters. The molecule has 2 aromatic rings. The van der Waals surface area contributed by atoms with E-state index < -0.39 is 36.8 Å². The van der Waals surface area contributed by atoms with Crippen LogP contribution in [0, 0.1) is 5.82 Å². The van der Waals surface area contributed by atoms with Crippen LogP contribution in [0.2, 0.25) is 5.02 Å². The molecular formula is C18H16ClFN2O5. The monoisotopic (exact) mass is 394 g/mol. The number of hydrogen-bond donors (Lipinski definition) is 2. The molecule has 2 N–H and O–H groups in total. The van der Waals surface area contributed by atoms with E-state index in [9.17, 15) is 18.8 Å². The zero-order valence-corrected chi connectivity index (χ0v) is 15.0. The van der Waals surface area contributed by atoms with Crippen LogP contribution in [0.3, 0.4) is 0 Å². The van der Waals surface area contributed by atoms with Gasteiger partial charge in [-0.15, -0.1) is 0 Å². The number of para-hydroxylation sites is 1. The van der Waals surface area contributed by atoms with Gasteiger partial charge in [-0.05, 0) is 30.3 Å². The van der Waals surface area contributed by atoms with Crippen molar-refractivity contribution in [1.29, 1.82) is 0 Å². The Labute approximate surface area is 159 Å². The predicted molar refractivity (Wildman–Crippen MR) is 96.3 cm³/mol. The van der Waals surface area contributed by atoms with Gasteiger partial charge in [0.1, 0.15) is 18.1 Å². The van der Waals surface area contributed by atoms with Gasteiger partial charge in [0.25, 0.3) is 11.8 Å². The lowest BCUT2D eigenvalue weighted by atomic mass is 10.2. The van der Waals surface area contributed by atoms with Crippen LogP contribution in [0.4, 0.5) is 10.1 Å². The number of ether oxygens (including phenoxy) is 2. The maximum Gasteiger partial charge on any atom is 0.325 e. The zero-order chi connectivity index (χ0) is 19.8. The number of anilines is 1. The quantitative estimate of drug-likeness (QED) is 0.703. The summed E-state index contributed by atoms with van der Waals surface area (Å²) >= 11 is 5.72. The highest BCUT2D eigenvalue weighted by Crippen LogP contribution is 2.19. The topological polar surface area (TPSA) is 93.7 Å². The van der Waals surface area contributed by atoms with Crippen molar-refractivity contribution in [3.8, 4) is 5.75 Å². The third-order valence-electron chi connectivity index (χ3n) is 3.31. The number of halogens is 2. The first kappa shape index (κ1) is 20.2. The lowest BCUT2D eigenvalue weighted by molar-refractivity contribution is -0.146. The van der Waals surface area contributed by atoms with Gasteiger partial charge in [0.05, 0.1) is 18.4 Å². The smallest absolute Gasteiger partial charge is 0.325 e. The van der Waals surface area contributed by atoms with Crippen molar-refractivity contribution in [2.45, 2.75) is 0 Å². The van der Waals surface area contributed by atoms with E-state index in [1.807, 2.05) is 0 Å². The Morgan fingerprint density at radius 2 is 1.89 bits per heavy atom. The number of amides is 2. The number of rotatable bonds is 7. The SMILES string of the molecule is COc1ccccc1C(=O)NCC(=O)OCC(=O)Nc1cc(Cl)ccc1F. The number of carbonyl (C=O) groups is 3. The molecule has 0 radical (unpaired) electrons. The number of carbonyl (C=O) groups excluding carboxylic acids is 3. The average Bonchev–Trinajstić information content (AvgIpc) is 2.67. The number of benzene rings is 2. The highest BCUT2D eigenvalue weighted by molar-refractivity contribution is 6.30. The van der Waals surface area contributed by atoms with Gasteiger partial charge in [0.2, 0.25) is 0 Å². The Kier molecular flexibility index (Phi) is 7.13.